The number of para-hydroxylation sites is 2. The van der Waals surface area contributed by atoms with Crippen LogP contribution in [0, 0.1) is 17.8 Å². The molecule has 4 heteroatoms. The van der Waals surface area contributed by atoms with Gasteiger partial charge < -0.3 is 10.6 Å². The van der Waals surface area contributed by atoms with E-state index in [2.05, 4.69) is 10.6 Å². The molecule has 3 rings (SSSR count). The molecule has 4 nitrogen and oxygen atoms in total. The van der Waals surface area contributed by atoms with Gasteiger partial charge in [0.05, 0.1) is 11.4 Å². The van der Waals surface area contributed by atoms with Crippen molar-refractivity contribution in [3.8, 4) is 0 Å². The van der Waals surface area contributed by atoms with Gasteiger partial charge in [0.15, 0.2) is 0 Å². The van der Waals surface area contributed by atoms with E-state index in [-0.39, 0.29) is 17.7 Å². The molecule has 28 heavy (non-hydrogen) atoms. The zero-order valence-corrected chi connectivity index (χ0v) is 17.3. The minimum Gasteiger partial charge on any atom is -0.324 e. The fourth-order valence-corrected chi connectivity index (χ4v) is 5.16. The number of carbonyl (C=O) groups excluding carboxylic acids is 2. The summed E-state index contributed by atoms with van der Waals surface area (Å²) in [5, 5.41) is 6.16. The average Bonchev–Trinajstić information content (AvgIpc) is 2.71. The molecule has 154 valence electrons. The highest BCUT2D eigenvalue weighted by molar-refractivity contribution is 6.00. The van der Waals surface area contributed by atoms with E-state index in [0.717, 1.165) is 12.1 Å². The van der Waals surface area contributed by atoms with Crippen LogP contribution in [0.25, 0.3) is 0 Å². The summed E-state index contributed by atoms with van der Waals surface area (Å²) >= 11 is 0. The van der Waals surface area contributed by atoms with Crippen molar-refractivity contribution in [1.29, 1.82) is 0 Å². The highest BCUT2D eigenvalue weighted by Gasteiger charge is 2.36. The van der Waals surface area contributed by atoms with Crippen LogP contribution in [0.15, 0.2) is 24.3 Å². The third-order valence-electron chi connectivity index (χ3n) is 6.55. The molecule has 1 aromatic rings. The smallest absolute Gasteiger partial charge is 0.228 e. The maximum absolute atomic E-state index is 13.5. The van der Waals surface area contributed by atoms with Crippen LogP contribution in [0.2, 0.25) is 0 Å². The molecular formula is C24H36N2O2. The van der Waals surface area contributed by atoms with Gasteiger partial charge in [0.1, 0.15) is 0 Å². The molecule has 0 spiro atoms. The predicted molar refractivity (Wildman–Crippen MR) is 115 cm³/mol. The van der Waals surface area contributed by atoms with Crippen molar-refractivity contribution in [1.82, 2.24) is 0 Å². The van der Waals surface area contributed by atoms with Crippen LogP contribution in [-0.2, 0) is 9.59 Å². The van der Waals surface area contributed by atoms with Crippen molar-refractivity contribution >= 4 is 23.2 Å². The quantitative estimate of drug-likeness (QED) is 0.593. The molecule has 2 fully saturated rings. The normalized spacial score (nSPS) is 18.8. The van der Waals surface area contributed by atoms with Crippen molar-refractivity contribution in [3.05, 3.63) is 24.3 Å². The summed E-state index contributed by atoms with van der Waals surface area (Å²) in [6.45, 7) is 1.99. The van der Waals surface area contributed by atoms with Gasteiger partial charge >= 0.3 is 0 Å². The highest BCUT2D eigenvalue weighted by atomic mass is 16.2. The number of hydrogen-bond acceptors (Lipinski definition) is 2. The minimum atomic E-state index is 0.000287. The van der Waals surface area contributed by atoms with Crippen molar-refractivity contribution in [2.45, 2.75) is 84.0 Å². The zero-order chi connectivity index (χ0) is 19.8. The number of benzene rings is 1. The number of amides is 2. The van der Waals surface area contributed by atoms with Crippen LogP contribution < -0.4 is 10.6 Å². The molecule has 2 aliphatic carbocycles. The fraction of sp³-hybridized carbons (Fsp3) is 0.667. The first-order chi connectivity index (χ1) is 13.7. The highest BCUT2D eigenvalue weighted by Crippen LogP contribution is 2.40. The Hall–Kier alpha value is -1.84. The lowest BCUT2D eigenvalue weighted by molar-refractivity contribution is -0.124. The summed E-state index contributed by atoms with van der Waals surface area (Å²) in [7, 11) is 0. The van der Waals surface area contributed by atoms with E-state index in [1.54, 1.807) is 0 Å². The molecular weight excluding hydrogens is 348 g/mol. The number of nitrogens with one attached hydrogen (secondary N) is 2. The SMILES string of the molecule is CCCC(=O)Nc1ccccc1NC(=O)C(C1CCCCC1)C1CCCCC1. The lowest BCUT2D eigenvalue weighted by atomic mass is 9.69. The van der Waals surface area contributed by atoms with Gasteiger partial charge in [-0.2, -0.15) is 0 Å². The third kappa shape index (κ3) is 5.59. The number of anilines is 2. The van der Waals surface area contributed by atoms with Crippen molar-refractivity contribution in [2.75, 3.05) is 10.6 Å². The number of carbonyl (C=O) groups is 2. The topological polar surface area (TPSA) is 58.2 Å². The summed E-state index contributed by atoms with van der Waals surface area (Å²) in [4.78, 5) is 25.5. The summed E-state index contributed by atoms with van der Waals surface area (Å²) in [5.74, 6) is 1.30. The Morgan fingerprint density at radius 3 is 1.86 bits per heavy atom. The minimum absolute atomic E-state index is 0.000287. The fourth-order valence-electron chi connectivity index (χ4n) is 5.16. The summed E-state index contributed by atoms with van der Waals surface area (Å²) < 4.78 is 0. The van der Waals surface area contributed by atoms with Crippen LogP contribution in [-0.4, -0.2) is 11.8 Å². The van der Waals surface area contributed by atoms with E-state index in [1.807, 2.05) is 31.2 Å². The van der Waals surface area contributed by atoms with E-state index in [1.165, 1.54) is 64.2 Å². The lowest BCUT2D eigenvalue weighted by Crippen LogP contribution is -2.37. The summed E-state index contributed by atoms with van der Waals surface area (Å²) in [6, 6.07) is 7.59. The van der Waals surface area contributed by atoms with Gasteiger partial charge in [-0.25, -0.2) is 0 Å². The molecule has 2 aliphatic rings. The monoisotopic (exact) mass is 384 g/mol. The van der Waals surface area contributed by atoms with Crippen molar-refractivity contribution in [3.63, 3.8) is 0 Å². The van der Waals surface area contributed by atoms with Gasteiger partial charge in [0, 0.05) is 12.3 Å². The largest absolute Gasteiger partial charge is 0.324 e. The van der Waals surface area contributed by atoms with Gasteiger partial charge in [0.25, 0.3) is 0 Å². The Labute approximate surface area is 169 Å². The molecule has 2 amide bonds. The second kappa shape index (κ2) is 10.6. The van der Waals surface area contributed by atoms with E-state index in [9.17, 15) is 9.59 Å². The Bertz CT molecular complexity index is 628. The molecule has 2 N–H and O–H groups in total. The van der Waals surface area contributed by atoms with Crippen LogP contribution in [0.5, 0.6) is 0 Å². The van der Waals surface area contributed by atoms with E-state index in [0.29, 0.717) is 23.9 Å². The third-order valence-corrected chi connectivity index (χ3v) is 6.55. The molecule has 0 unspecified atom stereocenters. The second-order valence-corrected chi connectivity index (χ2v) is 8.65. The Morgan fingerprint density at radius 2 is 1.36 bits per heavy atom. The van der Waals surface area contributed by atoms with Gasteiger partial charge in [0.2, 0.25) is 11.8 Å². The predicted octanol–water partition coefficient (Wildman–Crippen LogP) is 6.14. The molecule has 0 saturated heterocycles. The molecule has 1 aromatic carbocycles. The molecule has 0 bridgehead atoms. The summed E-state index contributed by atoms with van der Waals surface area (Å²) in [5.41, 5.74) is 1.44. The number of hydrogen-bond donors (Lipinski definition) is 2. The number of rotatable bonds is 7. The zero-order valence-electron chi connectivity index (χ0n) is 17.3. The lowest BCUT2D eigenvalue weighted by Gasteiger charge is -2.37. The second-order valence-electron chi connectivity index (χ2n) is 8.65. The van der Waals surface area contributed by atoms with Gasteiger partial charge in [-0.1, -0.05) is 57.6 Å². The Balaban J connectivity index is 1.75. The standard InChI is InChI=1S/C24H36N2O2/c1-2-11-22(27)25-20-16-9-10-17-21(20)26-24(28)23(18-12-5-3-6-13-18)19-14-7-4-8-15-19/h9-10,16-19,23H,2-8,11-15H2,1H3,(H,25,27)(H,26,28). The maximum atomic E-state index is 13.5. The van der Waals surface area contributed by atoms with E-state index in [4.69, 9.17) is 0 Å². The average molecular weight is 385 g/mol. The molecule has 0 heterocycles. The van der Waals surface area contributed by atoms with Crippen molar-refractivity contribution in [2.24, 2.45) is 17.8 Å². The maximum Gasteiger partial charge on any atom is 0.228 e. The first kappa shape index (κ1) is 20.9. The molecule has 0 aromatic heterocycles. The van der Waals surface area contributed by atoms with Crippen LogP contribution >= 0.6 is 0 Å². The van der Waals surface area contributed by atoms with E-state index < -0.39 is 0 Å². The van der Waals surface area contributed by atoms with Gasteiger partial charge in [-0.15, -0.1) is 0 Å². The van der Waals surface area contributed by atoms with Crippen LogP contribution in [0.4, 0.5) is 11.4 Å². The molecule has 0 atom stereocenters. The van der Waals surface area contributed by atoms with Gasteiger partial charge in [-0.3, -0.25) is 9.59 Å². The molecule has 0 radical (unpaired) electrons. The molecule has 2 saturated carbocycles. The summed E-state index contributed by atoms with van der Waals surface area (Å²) in [6.07, 6.45) is 13.7. The van der Waals surface area contributed by atoms with Crippen LogP contribution in [0.3, 0.4) is 0 Å². The Kier molecular flexibility index (Phi) is 7.93. The van der Waals surface area contributed by atoms with Gasteiger partial charge in [-0.05, 0) is 56.1 Å². The molecule has 0 aliphatic heterocycles. The first-order valence-corrected chi connectivity index (χ1v) is 11.4. The Morgan fingerprint density at radius 1 is 0.857 bits per heavy atom. The van der Waals surface area contributed by atoms with Crippen molar-refractivity contribution < 1.29 is 9.59 Å². The van der Waals surface area contributed by atoms with E-state index >= 15 is 0 Å². The van der Waals surface area contributed by atoms with Crippen LogP contribution in [0.1, 0.15) is 84.0 Å². The first-order valence-electron chi connectivity index (χ1n) is 11.4.